The molecule has 1 fully saturated rings. The van der Waals surface area contributed by atoms with Crippen molar-refractivity contribution in [3.8, 4) is 0 Å². The predicted molar refractivity (Wildman–Crippen MR) is 61.4 cm³/mol. The third-order valence-electron chi connectivity index (χ3n) is 3.28. The van der Waals surface area contributed by atoms with Gasteiger partial charge >= 0.3 is 0 Å². The van der Waals surface area contributed by atoms with E-state index >= 15 is 0 Å². The van der Waals surface area contributed by atoms with Crippen molar-refractivity contribution in [1.82, 2.24) is 9.80 Å². The Balaban J connectivity index is 2.32. The van der Waals surface area contributed by atoms with Crippen LogP contribution in [-0.2, 0) is 0 Å². The highest BCUT2D eigenvalue weighted by molar-refractivity contribution is 4.79. The molecule has 3 heteroatoms. The second-order valence-corrected chi connectivity index (χ2v) is 4.83. The van der Waals surface area contributed by atoms with Gasteiger partial charge in [0.05, 0.1) is 0 Å². The molecule has 1 saturated heterocycles. The molecule has 3 nitrogen and oxygen atoms in total. The smallest absolute Gasteiger partial charge is 0.0112 e. The molecule has 0 bridgehead atoms. The number of piperidine rings is 1. The monoisotopic (exact) mass is 199 g/mol. The van der Waals surface area contributed by atoms with Crippen LogP contribution in [0.4, 0.5) is 0 Å². The Morgan fingerprint density at radius 3 is 2.64 bits per heavy atom. The van der Waals surface area contributed by atoms with Crippen LogP contribution >= 0.6 is 0 Å². The molecular weight excluding hydrogens is 174 g/mol. The lowest BCUT2D eigenvalue weighted by Crippen LogP contribution is -2.46. The maximum atomic E-state index is 5.73. The fourth-order valence-electron chi connectivity index (χ4n) is 2.09. The number of hydrogen-bond donors (Lipinski definition) is 1. The third kappa shape index (κ3) is 3.56. The van der Waals surface area contributed by atoms with Crippen molar-refractivity contribution in [2.75, 3.05) is 40.3 Å². The summed E-state index contributed by atoms with van der Waals surface area (Å²) >= 11 is 0. The molecule has 0 aliphatic carbocycles. The van der Waals surface area contributed by atoms with Gasteiger partial charge in [0, 0.05) is 25.7 Å². The van der Waals surface area contributed by atoms with E-state index in [-0.39, 0.29) is 0 Å². The topological polar surface area (TPSA) is 32.5 Å². The summed E-state index contributed by atoms with van der Waals surface area (Å²) in [5.41, 5.74) is 5.73. The molecule has 14 heavy (non-hydrogen) atoms. The third-order valence-corrected chi connectivity index (χ3v) is 3.28. The summed E-state index contributed by atoms with van der Waals surface area (Å²) in [6.07, 6.45) is 2.63. The van der Waals surface area contributed by atoms with E-state index in [1.54, 1.807) is 0 Å². The van der Waals surface area contributed by atoms with E-state index in [0.29, 0.717) is 0 Å². The van der Waals surface area contributed by atoms with Crippen LogP contribution in [0.2, 0.25) is 0 Å². The second kappa shape index (κ2) is 5.69. The second-order valence-electron chi connectivity index (χ2n) is 4.83. The van der Waals surface area contributed by atoms with Gasteiger partial charge in [-0.15, -0.1) is 0 Å². The van der Waals surface area contributed by atoms with Gasteiger partial charge < -0.3 is 10.6 Å². The quantitative estimate of drug-likeness (QED) is 0.720. The van der Waals surface area contributed by atoms with Crippen molar-refractivity contribution in [2.45, 2.75) is 25.8 Å². The highest BCUT2D eigenvalue weighted by atomic mass is 15.2. The SMILES string of the molecule is CC1CCC(CN)CN1CCN(C)C. The van der Waals surface area contributed by atoms with Crippen LogP contribution in [0.25, 0.3) is 0 Å². The Morgan fingerprint density at radius 1 is 1.36 bits per heavy atom. The summed E-state index contributed by atoms with van der Waals surface area (Å²) in [6, 6.07) is 0.748. The molecule has 84 valence electrons. The van der Waals surface area contributed by atoms with Crippen molar-refractivity contribution in [1.29, 1.82) is 0 Å². The molecule has 2 unspecified atom stereocenters. The Kier molecular flexibility index (Phi) is 4.85. The van der Waals surface area contributed by atoms with E-state index in [9.17, 15) is 0 Å². The molecular formula is C11H25N3. The van der Waals surface area contributed by atoms with Crippen LogP contribution in [-0.4, -0.2) is 56.1 Å². The molecule has 0 saturated carbocycles. The first-order valence-corrected chi connectivity index (χ1v) is 5.72. The minimum Gasteiger partial charge on any atom is -0.330 e. The van der Waals surface area contributed by atoms with E-state index in [4.69, 9.17) is 5.73 Å². The normalized spacial score (nSPS) is 29.8. The molecule has 2 N–H and O–H groups in total. The van der Waals surface area contributed by atoms with E-state index in [1.165, 1.54) is 25.9 Å². The van der Waals surface area contributed by atoms with Gasteiger partial charge in [0.25, 0.3) is 0 Å². The molecule has 0 spiro atoms. The van der Waals surface area contributed by atoms with Crippen LogP contribution < -0.4 is 5.73 Å². The lowest BCUT2D eigenvalue weighted by atomic mass is 9.93. The zero-order valence-corrected chi connectivity index (χ0v) is 9.87. The fraction of sp³-hybridized carbons (Fsp3) is 1.00. The highest BCUT2D eigenvalue weighted by Crippen LogP contribution is 2.20. The molecule has 0 amide bonds. The first-order chi connectivity index (χ1) is 6.63. The van der Waals surface area contributed by atoms with Gasteiger partial charge in [-0.1, -0.05) is 0 Å². The Bertz CT molecular complexity index is 159. The minimum atomic E-state index is 0.730. The number of likely N-dealkylation sites (N-methyl/N-ethyl adjacent to an activating group) is 1. The Morgan fingerprint density at radius 2 is 2.07 bits per heavy atom. The molecule has 1 aliphatic heterocycles. The lowest BCUT2D eigenvalue weighted by Gasteiger charge is -2.38. The molecule has 2 atom stereocenters. The van der Waals surface area contributed by atoms with E-state index in [0.717, 1.165) is 25.0 Å². The Hall–Kier alpha value is -0.120. The van der Waals surface area contributed by atoms with Crippen molar-refractivity contribution in [3.63, 3.8) is 0 Å². The summed E-state index contributed by atoms with van der Waals surface area (Å²) in [7, 11) is 4.27. The molecule has 1 rings (SSSR count). The predicted octanol–water partition coefficient (Wildman–Crippen LogP) is 0.607. The number of nitrogens with zero attached hydrogens (tertiary/aromatic N) is 2. The lowest BCUT2D eigenvalue weighted by molar-refractivity contribution is 0.112. The number of likely N-dealkylation sites (tertiary alicyclic amines) is 1. The van der Waals surface area contributed by atoms with E-state index in [2.05, 4.69) is 30.8 Å². The molecule has 1 heterocycles. The Labute approximate surface area is 88.2 Å². The first kappa shape index (κ1) is 12.0. The van der Waals surface area contributed by atoms with Gasteiger partial charge in [0.15, 0.2) is 0 Å². The highest BCUT2D eigenvalue weighted by Gasteiger charge is 2.23. The van der Waals surface area contributed by atoms with Crippen molar-refractivity contribution in [2.24, 2.45) is 11.7 Å². The number of rotatable bonds is 4. The van der Waals surface area contributed by atoms with E-state index < -0.39 is 0 Å². The van der Waals surface area contributed by atoms with Crippen molar-refractivity contribution >= 4 is 0 Å². The van der Waals surface area contributed by atoms with Crippen LogP contribution in [0.5, 0.6) is 0 Å². The van der Waals surface area contributed by atoms with Gasteiger partial charge in [-0.2, -0.15) is 0 Å². The maximum Gasteiger partial charge on any atom is 0.0112 e. The molecule has 0 aromatic heterocycles. The number of nitrogens with two attached hydrogens (primary N) is 1. The average Bonchev–Trinajstić information content (AvgIpc) is 2.16. The first-order valence-electron chi connectivity index (χ1n) is 5.72. The van der Waals surface area contributed by atoms with Crippen molar-refractivity contribution < 1.29 is 0 Å². The minimum absolute atomic E-state index is 0.730. The average molecular weight is 199 g/mol. The summed E-state index contributed by atoms with van der Waals surface area (Å²) in [4.78, 5) is 4.83. The van der Waals surface area contributed by atoms with Crippen molar-refractivity contribution in [3.05, 3.63) is 0 Å². The van der Waals surface area contributed by atoms with Crippen LogP contribution in [0.3, 0.4) is 0 Å². The zero-order valence-electron chi connectivity index (χ0n) is 9.87. The molecule has 0 aromatic rings. The largest absolute Gasteiger partial charge is 0.330 e. The van der Waals surface area contributed by atoms with Gasteiger partial charge in [-0.25, -0.2) is 0 Å². The summed E-state index contributed by atoms with van der Waals surface area (Å²) < 4.78 is 0. The molecule has 0 aromatic carbocycles. The van der Waals surface area contributed by atoms with Crippen LogP contribution in [0.1, 0.15) is 19.8 Å². The van der Waals surface area contributed by atoms with Gasteiger partial charge in [-0.05, 0) is 46.3 Å². The van der Waals surface area contributed by atoms with E-state index in [1.807, 2.05) is 0 Å². The van der Waals surface area contributed by atoms with Gasteiger partial charge in [0.2, 0.25) is 0 Å². The zero-order chi connectivity index (χ0) is 10.6. The number of hydrogen-bond acceptors (Lipinski definition) is 3. The molecule has 1 aliphatic rings. The van der Waals surface area contributed by atoms with Crippen LogP contribution in [0.15, 0.2) is 0 Å². The fourth-order valence-corrected chi connectivity index (χ4v) is 2.09. The van der Waals surface area contributed by atoms with Crippen LogP contribution in [0, 0.1) is 5.92 Å². The summed E-state index contributed by atoms with van der Waals surface area (Å²) in [5, 5.41) is 0. The molecule has 0 radical (unpaired) electrons. The standard InChI is InChI=1S/C11H25N3/c1-10-4-5-11(8-12)9-14(10)7-6-13(2)3/h10-11H,4-9,12H2,1-3H3. The maximum absolute atomic E-state index is 5.73. The van der Waals surface area contributed by atoms with Gasteiger partial charge in [-0.3, -0.25) is 4.90 Å². The summed E-state index contributed by atoms with van der Waals surface area (Å²) in [5.74, 6) is 0.730. The summed E-state index contributed by atoms with van der Waals surface area (Å²) in [6.45, 7) is 6.73. The van der Waals surface area contributed by atoms with Gasteiger partial charge in [0.1, 0.15) is 0 Å².